The van der Waals surface area contributed by atoms with Gasteiger partial charge in [-0.3, -0.25) is 14.9 Å². The van der Waals surface area contributed by atoms with Crippen molar-refractivity contribution in [3.63, 3.8) is 0 Å². The van der Waals surface area contributed by atoms with Crippen molar-refractivity contribution in [2.75, 3.05) is 6.61 Å². The third-order valence-electron chi connectivity index (χ3n) is 6.18. The van der Waals surface area contributed by atoms with Crippen LogP contribution in [0, 0.1) is 17.7 Å². The average molecular weight is 632 g/mol. The molecule has 4 aromatic carbocycles. The first-order chi connectivity index (χ1) is 21.2. The maximum Gasteiger partial charge on any atom is 0.265 e. The molecule has 4 rings (SSSR count). The van der Waals surface area contributed by atoms with Crippen LogP contribution in [0.4, 0.5) is 4.39 Å². The first-order valence-corrected chi connectivity index (χ1v) is 14.9. The van der Waals surface area contributed by atoms with E-state index in [4.69, 9.17) is 22.1 Å². The van der Waals surface area contributed by atoms with Gasteiger partial charge in [0.05, 0.1) is 5.02 Å². The van der Waals surface area contributed by atoms with Gasteiger partial charge in [0.15, 0.2) is 8.38 Å². The minimum atomic E-state index is -2.23. The van der Waals surface area contributed by atoms with Gasteiger partial charge in [-0.05, 0) is 65.2 Å². The molecule has 6 N–H and O–H groups in total. The molecule has 0 aliphatic heterocycles. The Hall–Kier alpha value is -4.55. The molecule has 0 fully saturated rings. The van der Waals surface area contributed by atoms with Crippen molar-refractivity contribution >= 4 is 37.9 Å². The summed E-state index contributed by atoms with van der Waals surface area (Å²) in [7, 11) is -2.23. The van der Waals surface area contributed by atoms with E-state index in [0.717, 1.165) is 23.3 Å². The highest BCUT2D eigenvalue weighted by molar-refractivity contribution is 7.45. The molecule has 8 nitrogen and oxygen atoms in total. The fraction of sp³-hybridized carbons (Fsp3) is 0.0909. The summed E-state index contributed by atoms with van der Waals surface area (Å²) < 4.78 is 19.2. The van der Waals surface area contributed by atoms with Crippen molar-refractivity contribution in [1.82, 2.24) is 10.6 Å². The number of hydrogen-bond acceptors (Lipinski definition) is 6. The van der Waals surface area contributed by atoms with Crippen LogP contribution in [0.2, 0.25) is 5.02 Å². The molecule has 1 atom stereocenters. The average Bonchev–Trinajstić information content (AvgIpc) is 3.01. The lowest BCUT2D eigenvalue weighted by atomic mass is 10.1. The van der Waals surface area contributed by atoms with Crippen molar-refractivity contribution < 1.29 is 28.5 Å². The molecule has 0 aromatic heterocycles. The Kier molecular flexibility index (Phi) is 11.6. The van der Waals surface area contributed by atoms with Gasteiger partial charge in [-0.25, -0.2) is 4.39 Å². The van der Waals surface area contributed by atoms with E-state index in [-0.39, 0.29) is 22.9 Å². The number of benzene rings is 4. The van der Waals surface area contributed by atoms with Crippen LogP contribution in [-0.2, 0) is 11.3 Å². The van der Waals surface area contributed by atoms with E-state index in [2.05, 4.69) is 22.5 Å². The van der Waals surface area contributed by atoms with Crippen molar-refractivity contribution in [2.45, 2.75) is 12.3 Å². The van der Waals surface area contributed by atoms with E-state index < -0.39 is 31.8 Å². The van der Waals surface area contributed by atoms with E-state index >= 15 is 0 Å². The van der Waals surface area contributed by atoms with Crippen LogP contribution in [0.25, 0.3) is 6.08 Å². The van der Waals surface area contributed by atoms with Crippen LogP contribution < -0.4 is 21.1 Å². The van der Waals surface area contributed by atoms with Gasteiger partial charge >= 0.3 is 0 Å². The van der Waals surface area contributed by atoms with E-state index in [1.165, 1.54) is 12.1 Å². The van der Waals surface area contributed by atoms with Gasteiger partial charge in [0.2, 0.25) is 0 Å². The monoisotopic (exact) mass is 631 g/mol. The zero-order chi connectivity index (χ0) is 31.5. The molecule has 224 valence electrons. The molecule has 4 aromatic rings. The lowest BCUT2D eigenvalue weighted by molar-refractivity contribution is -0.114. The maximum absolute atomic E-state index is 13.4. The molecular formula is C33H28ClFN3O5P. The second-order valence-corrected chi connectivity index (χ2v) is 10.9. The fourth-order valence-electron chi connectivity index (χ4n) is 4.06. The molecule has 0 radical (unpaired) electrons. The van der Waals surface area contributed by atoms with Gasteiger partial charge < -0.3 is 25.6 Å². The number of ether oxygens (including phenoxy) is 1. The summed E-state index contributed by atoms with van der Waals surface area (Å²) in [5.74, 6) is 3.75. The largest absolute Gasteiger partial charge is 0.481 e. The van der Waals surface area contributed by atoms with E-state index in [1.54, 1.807) is 30.3 Å². The summed E-state index contributed by atoms with van der Waals surface area (Å²) in [4.78, 5) is 44.3. The predicted octanol–water partition coefficient (Wildman–Crippen LogP) is 5.25. The van der Waals surface area contributed by atoms with Crippen molar-refractivity contribution in [2.24, 2.45) is 5.73 Å². The highest BCUT2D eigenvalue weighted by Crippen LogP contribution is 2.41. The summed E-state index contributed by atoms with van der Waals surface area (Å²) in [6.07, 6.45) is 1.41. The highest BCUT2D eigenvalue weighted by Gasteiger charge is 2.19. The minimum Gasteiger partial charge on any atom is -0.481 e. The second-order valence-electron chi connectivity index (χ2n) is 9.38. The molecule has 0 saturated heterocycles. The van der Waals surface area contributed by atoms with Crippen LogP contribution in [0.3, 0.4) is 0 Å². The topological polar surface area (TPSA) is 134 Å². The highest BCUT2D eigenvalue weighted by atomic mass is 35.5. The summed E-state index contributed by atoms with van der Waals surface area (Å²) in [6.45, 7) is 0.499. The minimum absolute atomic E-state index is 0.0612. The quantitative estimate of drug-likeness (QED) is 0.0872. The number of carbonyl (C=O) groups excluding carboxylic acids is 2. The first-order valence-electron chi connectivity index (χ1n) is 13.2. The first kappa shape index (κ1) is 32.4. The van der Waals surface area contributed by atoms with Crippen molar-refractivity contribution in [3.05, 3.63) is 141 Å². The van der Waals surface area contributed by atoms with Crippen LogP contribution in [0.5, 0.6) is 5.75 Å². The molecule has 0 spiro atoms. The van der Waals surface area contributed by atoms with Gasteiger partial charge in [-0.2, -0.15) is 0 Å². The molecule has 1 unspecified atom stereocenters. The van der Waals surface area contributed by atoms with Gasteiger partial charge in [0.1, 0.15) is 29.7 Å². The van der Waals surface area contributed by atoms with E-state index in [0.29, 0.717) is 23.4 Å². The Bertz CT molecular complexity index is 1720. The molecule has 2 amide bonds. The molecule has 0 bridgehead atoms. The van der Waals surface area contributed by atoms with Crippen LogP contribution >= 0.6 is 20.0 Å². The van der Waals surface area contributed by atoms with E-state index in [9.17, 15) is 23.8 Å². The van der Waals surface area contributed by atoms with Gasteiger partial charge in [-0.15, -0.1) is 0 Å². The molecule has 11 heteroatoms. The van der Waals surface area contributed by atoms with Crippen molar-refractivity contribution in [1.29, 1.82) is 0 Å². The summed E-state index contributed by atoms with van der Waals surface area (Å²) in [5, 5.41) is 5.40. The molecule has 0 saturated carbocycles. The van der Waals surface area contributed by atoms with E-state index in [1.807, 2.05) is 48.5 Å². The Balaban J connectivity index is 1.36. The normalized spacial score (nSPS) is 11.8. The summed E-state index contributed by atoms with van der Waals surface area (Å²) >= 11 is 5.75. The number of amides is 2. The van der Waals surface area contributed by atoms with Gasteiger partial charge in [0, 0.05) is 17.7 Å². The number of hydrogen-bond donors (Lipinski definition) is 5. The number of nitrogens with two attached hydrogens (primary N) is 1. The lowest BCUT2D eigenvalue weighted by Gasteiger charge is -2.20. The smallest absolute Gasteiger partial charge is 0.265 e. The van der Waals surface area contributed by atoms with Crippen LogP contribution in [0.15, 0.2) is 103 Å². The molecule has 44 heavy (non-hydrogen) atoms. The number of carbonyl (C=O) groups is 2. The van der Waals surface area contributed by atoms with Gasteiger partial charge in [-0.1, -0.05) is 78.0 Å². The Morgan fingerprint density at radius 1 is 1.00 bits per heavy atom. The van der Waals surface area contributed by atoms with Gasteiger partial charge in [0.25, 0.3) is 11.8 Å². The maximum atomic E-state index is 13.4. The summed E-state index contributed by atoms with van der Waals surface area (Å²) in [5.41, 5.74) is 8.24. The van der Waals surface area contributed by atoms with Crippen LogP contribution in [-0.4, -0.2) is 28.2 Å². The third kappa shape index (κ3) is 9.48. The zero-order valence-electron chi connectivity index (χ0n) is 23.2. The Morgan fingerprint density at radius 3 is 2.50 bits per heavy atom. The molecule has 0 heterocycles. The Labute approximate surface area is 260 Å². The van der Waals surface area contributed by atoms with Crippen LogP contribution in [0.1, 0.15) is 38.4 Å². The fourth-order valence-corrected chi connectivity index (χ4v) is 4.93. The number of nitrogens with one attached hydrogen (secondary N) is 2. The molecular weight excluding hydrogens is 604 g/mol. The number of rotatable bonds is 11. The number of primary amides is 1. The SMILES string of the molecule is NC(=O)/C(=C\c1cccc(C#CCOc2cccc(CNC(c3ccccc3)P(O)O)c2)c1)NC(=O)c1ccc(F)c(Cl)c1. The predicted molar refractivity (Wildman–Crippen MR) is 169 cm³/mol. The van der Waals surface area contributed by atoms with Crippen molar-refractivity contribution in [3.8, 4) is 17.6 Å². The molecule has 0 aliphatic carbocycles. The third-order valence-corrected chi connectivity index (χ3v) is 7.41. The lowest BCUT2D eigenvalue weighted by Crippen LogP contribution is -2.31. The number of halogens is 2. The summed E-state index contributed by atoms with van der Waals surface area (Å²) in [6, 6.07) is 27.0. The Morgan fingerprint density at radius 2 is 1.77 bits per heavy atom. The standard InChI is InChI=1S/C33H28ClFN3O5P/c34-28-20-26(14-15-29(28)35)32(40)38-30(31(36)39)19-23-8-4-7-22(17-23)10-6-16-43-27-13-5-9-24(18-27)21-37-33(44(41)42)25-11-2-1-3-12-25/h1-5,7-9,11-15,17-20,33,37,41-42H,16,21H2,(H2,36,39)(H,38,40)/b30-19+. The molecule has 0 aliphatic rings. The zero-order valence-corrected chi connectivity index (χ0v) is 24.9. The second kappa shape index (κ2) is 15.8.